The largest absolute Gasteiger partial charge is 0.460 e. The van der Waals surface area contributed by atoms with Gasteiger partial charge in [-0.15, -0.1) is 11.3 Å². The molecule has 1 aliphatic heterocycles. The van der Waals surface area contributed by atoms with Crippen molar-refractivity contribution in [2.45, 2.75) is 25.9 Å². The van der Waals surface area contributed by atoms with E-state index >= 15 is 0 Å². The number of thiazole rings is 1. The molecule has 1 amide bonds. The van der Waals surface area contributed by atoms with Crippen LogP contribution in [0.5, 0.6) is 6.01 Å². The predicted octanol–water partition coefficient (Wildman–Crippen LogP) is 2.06. The predicted molar refractivity (Wildman–Crippen MR) is 78.4 cm³/mol. The van der Waals surface area contributed by atoms with Gasteiger partial charge in [-0.1, -0.05) is 0 Å². The van der Waals surface area contributed by atoms with E-state index in [1.807, 2.05) is 11.8 Å². The molecule has 3 rings (SSSR count). The molecule has 8 heteroatoms. The number of ether oxygens (including phenoxy) is 1. The van der Waals surface area contributed by atoms with E-state index in [1.165, 1.54) is 11.3 Å². The lowest BCUT2D eigenvalue weighted by molar-refractivity contribution is 0.0581. The van der Waals surface area contributed by atoms with Gasteiger partial charge in [0.1, 0.15) is 11.0 Å². The normalized spacial score (nSPS) is 15.8. The van der Waals surface area contributed by atoms with Crippen molar-refractivity contribution < 1.29 is 13.9 Å². The van der Waals surface area contributed by atoms with E-state index in [1.54, 1.807) is 5.51 Å². The zero-order valence-corrected chi connectivity index (χ0v) is 12.8. The van der Waals surface area contributed by atoms with Crippen LogP contribution in [-0.2, 0) is 0 Å². The molecule has 22 heavy (non-hydrogen) atoms. The third-order valence-corrected chi connectivity index (χ3v) is 4.45. The van der Waals surface area contributed by atoms with E-state index < -0.39 is 5.82 Å². The monoisotopic (exact) mass is 322 g/mol. The lowest BCUT2D eigenvalue weighted by Gasteiger charge is -2.31. The highest BCUT2D eigenvalue weighted by Gasteiger charge is 2.26. The number of aryl methyl sites for hydroxylation is 1. The number of hydrogen-bond acceptors (Lipinski definition) is 6. The van der Waals surface area contributed by atoms with Gasteiger partial charge < -0.3 is 9.64 Å². The Morgan fingerprint density at radius 1 is 1.32 bits per heavy atom. The number of rotatable bonds is 3. The first-order valence-electron chi connectivity index (χ1n) is 6.97. The van der Waals surface area contributed by atoms with E-state index in [9.17, 15) is 9.18 Å². The maximum Gasteiger partial charge on any atom is 0.316 e. The van der Waals surface area contributed by atoms with Gasteiger partial charge in [0.15, 0.2) is 5.82 Å². The maximum absolute atomic E-state index is 12.7. The summed E-state index contributed by atoms with van der Waals surface area (Å²) in [6.45, 7) is 3.07. The summed E-state index contributed by atoms with van der Waals surface area (Å²) in [5.41, 5.74) is 2.46. The molecular weight excluding hydrogens is 307 g/mol. The number of carbonyl (C=O) groups is 1. The third kappa shape index (κ3) is 3.22. The lowest BCUT2D eigenvalue weighted by Crippen LogP contribution is -2.41. The SMILES string of the molecule is Cc1ncsc1C(=O)N1CCC(Oc2ncc(F)cn2)CC1. The molecule has 2 aromatic heterocycles. The number of likely N-dealkylation sites (tertiary alicyclic amines) is 1. The minimum atomic E-state index is -0.493. The van der Waals surface area contributed by atoms with Crippen LogP contribution in [0, 0.1) is 12.7 Å². The minimum absolute atomic E-state index is 0.0245. The van der Waals surface area contributed by atoms with Crippen LogP contribution in [0.1, 0.15) is 28.2 Å². The summed E-state index contributed by atoms with van der Waals surface area (Å²) < 4.78 is 18.4. The second-order valence-corrected chi connectivity index (χ2v) is 5.91. The topological polar surface area (TPSA) is 68.2 Å². The minimum Gasteiger partial charge on any atom is -0.460 e. The number of piperidine rings is 1. The summed E-state index contributed by atoms with van der Waals surface area (Å²) in [7, 11) is 0. The van der Waals surface area contributed by atoms with Crippen LogP contribution in [0.2, 0.25) is 0 Å². The van der Waals surface area contributed by atoms with Gasteiger partial charge in [-0.2, -0.15) is 0 Å². The van der Waals surface area contributed by atoms with Gasteiger partial charge >= 0.3 is 6.01 Å². The fourth-order valence-corrected chi connectivity index (χ4v) is 3.11. The number of hydrogen-bond donors (Lipinski definition) is 0. The van der Waals surface area contributed by atoms with E-state index in [0.29, 0.717) is 30.8 Å². The average Bonchev–Trinajstić information content (AvgIpc) is 2.96. The van der Waals surface area contributed by atoms with Gasteiger partial charge in [0.05, 0.1) is 23.6 Å². The van der Waals surface area contributed by atoms with Crippen LogP contribution in [-0.4, -0.2) is 45.0 Å². The van der Waals surface area contributed by atoms with E-state index in [-0.39, 0.29) is 18.0 Å². The van der Waals surface area contributed by atoms with Crippen molar-refractivity contribution in [3.05, 3.63) is 34.3 Å². The Kier molecular flexibility index (Phi) is 4.28. The van der Waals surface area contributed by atoms with Crippen LogP contribution < -0.4 is 4.74 Å². The number of halogens is 1. The number of aromatic nitrogens is 3. The van der Waals surface area contributed by atoms with Gasteiger partial charge in [0, 0.05) is 25.9 Å². The lowest BCUT2D eigenvalue weighted by atomic mass is 10.1. The molecule has 0 bridgehead atoms. The third-order valence-electron chi connectivity index (χ3n) is 3.54. The van der Waals surface area contributed by atoms with E-state index in [4.69, 9.17) is 4.74 Å². The fraction of sp³-hybridized carbons (Fsp3) is 0.429. The first-order chi connectivity index (χ1) is 10.6. The molecule has 1 fully saturated rings. The summed E-state index contributed by atoms with van der Waals surface area (Å²) in [6, 6.07) is 0.171. The van der Waals surface area contributed by atoms with Crippen molar-refractivity contribution >= 4 is 17.2 Å². The Hall–Kier alpha value is -2.09. The Balaban J connectivity index is 1.55. The van der Waals surface area contributed by atoms with Crippen LogP contribution in [0.25, 0.3) is 0 Å². The van der Waals surface area contributed by atoms with Gasteiger partial charge in [-0.05, 0) is 6.92 Å². The molecule has 0 unspecified atom stereocenters. The zero-order chi connectivity index (χ0) is 15.5. The molecule has 3 heterocycles. The van der Waals surface area contributed by atoms with Gasteiger partial charge in [-0.3, -0.25) is 4.79 Å². The van der Waals surface area contributed by atoms with E-state index in [0.717, 1.165) is 18.1 Å². The second-order valence-electron chi connectivity index (χ2n) is 5.06. The van der Waals surface area contributed by atoms with Crippen molar-refractivity contribution in [1.82, 2.24) is 19.9 Å². The molecule has 0 spiro atoms. The van der Waals surface area contributed by atoms with Crippen molar-refractivity contribution in [2.75, 3.05) is 13.1 Å². The smallest absolute Gasteiger partial charge is 0.316 e. The molecule has 1 aliphatic rings. The van der Waals surface area contributed by atoms with Crippen LogP contribution in [0.3, 0.4) is 0 Å². The van der Waals surface area contributed by atoms with Gasteiger partial charge in [-0.25, -0.2) is 19.3 Å². The molecule has 1 saturated heterocycles. The van der Waals surface area contributed by atoms with E-state index in [2.05, 4.69) is 15.0 Å². The summed E-state index contributed by atoms with van der Waals surface area (Å²) in [6.07, 6.45) is 3.49. The van der Waals surface area contributed by atoms with Crippen molar-refractivity contribution in [3.63, 3.8) is 0 Å². The fourth-order valence-electron chi connectivity index (χ4n) is 2.34. The molecule has 2 aromatic rings. The van der Waals surface area contributed by atoms with Crippen LogP contribution in [0.4, 0.5) is 4.39 Å². The molecule has 0 atom stereocenters. The first-order valence-corrected chi connectivity index (χ1v) is 7.85. The summed E-state index contributed by atoms with van der Waals surface area (Å²) in [5.74, 6) is -0.468. The first kappa shape index (κ1) is 14.8. The summed E-state index contributed by atoms with van der Waals surface area (Å²) in [4.78, 5) is 26.6. The summed E-state index contributed by atoms with van der Waals surface area (Å²) in [5, 5.41) is 0. The van der Waals surface area contributed by atoms with Crippen LogP contribution >= 0.6 is 11.3 Å². The molecule has 0 N–H and O–H groups in total. The van der Waals surface area contributed by atoms with Crippen molar-refractivity contribution in [3.8, 4) is 6.01 Å². The molecule has 0 aromatic carbocycles. The highest BCUT2D eigenvalue weighted by Crippen LogP contribution is 2.20. The van der Waals surface area contributed by atoms with Crippen LogP contribution in [0.15, 0.2) is 17.9 Å². The molecule has 0 aliphatic carbocycles. The Bertz CT molecular complexity index is 653. The van der Waals surface area contributed by atoms with Crippen molar-refractivity contribution in [1.29, 1.82) is 0 Å². The maximum atomic E-state index is 12.7. The number of amides is 1. The standard InChI is InChI=1S/C14H15FN4O2S/c1-9-12(22-8-18-9)13(20)19-4-2-11(3-5-19)21-14-16-6-10(15)7-17-14/h6-8,11H,2-5H2,1H3. The zero-order valence-electron chi connectivity index (χ0n) is 12.0. The Morgan fingerprint density at radius 2 is 2.00 bits per heavy atom. The highest BCUT2D eigenvalue weighted by atomic mass is 32.1. The van der Waals surface area contributed by atoms with Gasteiger partial charge in [0.2, 0.25) is 0 Å². The molecule has 6 nitrogen and oxygen atoms in total. The molecule has 0 radical (unpaired) electrons. The highest BCUT2D eigenvalue weighted by molar-refractivity contribution is 7.11. The second kappa shape index (κ2) is 6.35. The number of carbonyl (C=O) groups excluding carboxylic acids is 1. The average molecular weight is 322 g/mol. The number of nitrogens with zero attached hydrogens (tertiary/aromatic N) is 4. The quantitative estimate of drug-likeness (QED) is 0.865. The Morgan fingerprint density at radius 3 is 2.59 bits per heavy atom. The molecule has 116 valence electrons. The van der Waals surface area contributed by atoms with Crippen molar-refractivity contribution in [2.24, 2.45) is 0 Å². The Labute approximate surface area is 131 Å². The van der Waals surface area contributed by atoms with Gasteiger partial charge in [0.25, 0.3) is 5.91 Å². The molecular formula is C14H15FN4O2S. The summed E-state index contributed by atoms with van der Waals surface area (Å²) >= 11 is 1.37. The molecule has 0 saturated carbocycles.